The van der Waals surface area contributed by atoms with Gasteiger partial charge in [0.2, 0.25) is 0 Å². The number of halogens is 1. The number of hydrogen-bond acceptors (Lipinski definition) is 3. The number of anilines is 1. The Morgan fingerprint density at radius 3 is 2.68 bits per heavy atom. The van der Waals surface area contributed by atoms with Crippen molar-refractivity contribution in [3.05, 3.63) is 60.0 Å². The van der Waals surface area contributed by atoms with Gasteiger partial charge in [0.1, 0.15) is 11.6 Å². The number of pyridine rings is 1. The van der Waals surface area contributed by atoms with Crippen molar-refractivity contribution in [2.45, 2.75) is 12.6 Å². The molecule has 0 aliphatic carbocycles. The highest BCUT2D eigenvalue weighted by Gasteiger charge is 2.28. The van der Waals surface area contributed by atoms with E-state index < -0.39 is 0 Å². The number of rotatable bonds is 4. The smallest absolute Gasteiger partial charge is 0.315 e. The molecule has 6 heteroatoms. The second kappa shape index (κ2) is 6.43. The molecule has 0 spiro atoms. The lowest BCUT2D eigenvalue weighted by Crippen LogP contribution is -2.61. The van der Waals surface area contributed by atoms with Crippen LogP contribution in [0.1, 0.15) is 5.56 Å². The molecular weight excluding hydrogens is 283 g/mol. The average molecular weight is 300 g/mol. The number of carbonyl (C=O) groups is 1. The van der Waals surface area contributed by atoms with E-state index in [9.17, 15) is 9.18 Å². The van der Waals surface area contributed by atoms with Gasteiger partial charge in [-0.15, -0.1) is 0 Å². The Morgan fingerprint density at radius 1 is 1.23 bits per heavy atom. The van der Waals surface area contributed by atoms with Gasteiger partial charge in [0.05, 0.1) is 6.04 Å². The number of urea groups is 1. The maximum atomic E-state index is 12.8. The van der Waals surface area contributed by atoms with Crippen molar-refractivity contribution in [1.29, 1.82) is 0 Å². The summed E-state index contributed by atoms with van der Waals surface area (Å²) in [5, 5.41) is 5.67. The third kappa shape index (κ3) is 3.52. The van der Waals surface area contributed by atoms with Crippen LogP contribution in [0.2, 0.25) is 0 Å². The molecule has 1 fully saturated rings. The lowest BCUT2D eigenvalue weighted by atomic mass is 10.1. The molecule has 1 aromatic carbocycles. The standard InChI is InChI=1S/C16H17FN4O/c17-13-6-4-12(5-7-13)9-19-16(22)20-14-10-21(11-14)15-3-1-2-8-18-15/h1-8,14H,9-11H2,(H2,19,20,22). The molecule has 114 valence electrons. The minimum absolute atomic E-state index is 0.121. The summed E-state index contributed by atoms with van der Waals surface area (Å²) in [5.41, 5.74) is 0.861. The van der Waals surface area contributed by atoms with Crippen LogP contribution >= 0.6 is 0 Å². The molecule has 0 atom stereocenters. The Labute approximate surface area is 128 Å². The van der Waals surface area contributed by atoms with Crippen molar-refractivity contribution in [2.24, 2.45) is 0 Å². The van der Waals surface area contributed by atoms with E-state index in [-0.39, 0.29) is 17.9 Å². The van der Waals surface area contributed by atoms with E-state index in [0.29, 0.717) is 6.54 Å². The second-order valence-corrected chi connectivity index (χ2v) is 5.24. The maximum absolute atomic E-state index is 12.8. The number of hydrogen-bond donors (Lipinski definition) is 2. The summed E-state index contributed by atoms with van der Waals surface area (Å²) < 4.78 is 12.8. The van der Waals surface area contributed by atoms with Gasteiger partial charge in [-0.05, 0) is 29.8 Å². The Kier molecular flexibility index (Phi) is 4.18. The van der Waals surface area contributed by atoms with Gasteiger partial charge < -0.3 is 15.5 Å². The molecule has 0 unspecified atom stereocenters. The molecule has 22 heavy (non-hydrogen) atoms. The third-order valence-corrected chi connectivity index (χ3v) is 3.56. The molecule has 3 rings (SSSR count). The molecule has 2 amide bonds. The molecule has 5 nitrogen and oxygen atoms in total. The number of aromatic nitrogens is 1. The van der Waals surface area contributed by atoms with Crippen LogP contribution < -0.4 is 15.5 Å². The van der Waals surface area contributed by atoms with Crippen LogP contribution in [0.5, 0.6) is 0 Å². The molecule has 1 aliphatic heterocycles. The first-order valence-electron chi connectivity index (χ1n) is 7.15. The second-order valence-electron chi connectivity index (χ2n) is 5.24. The number of amides is 2. The topological polar surface area (TPSA) is 57.3 Å². The van der Waals surface area contributed by atoms with Crippen LogP contribution in [0.4, 0.5) is 15.0 Å². The van der Waals surface area contributed by atoms with Crippen LogP contribution in [0.15, 0.2) is 48.7 Å². The van der Waals surface area contributed by atoms with Gasteiger partial charge in [-0.2, -0.15) is 0 Å². The highest BCUT2D eigenvalue weighted by atomic mass is 19.1. The Balaban J connectivity index is 1.39. The van der Waals surface area contributed by atoms with Crippen molar-refractivity contribution >= 4 is 11.8 Å². The summed E-state index contributed by atoms with van der Waals surface area (Å²) in [7, 11) is 0. The van der Waals surface area contributed by atoms with Crippen molar-refractivity contribution in [3.63, 3.8) is 0 Å². The first-order chi connectivity index (χ1) is 10.7. The maximum Gasteiger partial charge on any atom is 0.315 e. The molecule has 0 radical (unpaired) electrons. The van der Waals surface area contributed by atoms with Crippen molar-refractivity contribution in [2.75, 3.05) is 18.0 Å². The highest BCUT2D eigenvalue weighted by molar-refractivity contribution is 5.74. The lowest BCUT2D eigenvalue weighted by Gasteiger charge is -2.40. The Morgan fingerprint density at radius 2 is 2.00 bits per heavy atom. The summed E-state index contributed by atoms with van der Waals surface area (Å²) in [6, 6.07) is 11.7. The SMILES string of the molecule is O=C(NCc1ccc(F)cc1)NC1CN(c2ccccn2)C1. The quantitative estimate of drug-likeness (QED) is 0.907. The van der Waals surface area contributed by atoms with E-state index in [4.69, 9.17) is 0 Å². The number of nitrogens with one attached hydrogen (secondary N) is 2. The van der Waals surface area contributed by atoms with Crippen molar-refractivity contribution in [1.82, 2.24) is 15.6 Å². The predicted molar refractivity (Wildman–Crippen MR) is 82.0 cm³/mol. The molecule has 2 heterocycles. The van der Waals surface area contributed by atoms with Crippen LogP contribution in [0.25, 0.3) is 0 Å². The monoisotopic (exact) mass is 300 g/mol. The van der Waals surface area contributed by atoms with Gasteiger partial charge in [0, 0.05) is 25.8 Å². The van der Waals surface area contributed by atoms with Crippen molar-refractivity contribution in [3.8, 4) is 0 Å². The van der Waals surface area contributed by atoms with E-state index in [1.54, 1.807) is 18.3 Å². The summed E-state index contributed by atoms with van der Waals surface area (Å²) in [6.07, 6.45) is 1.76. The fourth-order valence-corrected chi connectivity index (χ4v) is 2.32. The van der Waals surface area contributed by atoms with Gasteiger partial charge in [-0.25, -0.2) is 14.2 Å². The third-order valence-electron chi connectivity index (χ3n) is 3.56. The number of benzene rings is 1. The van der Waals surface area contributed by atoms with Gasteiger partial charge in [0.15, 0.2) is 0 Å². The van der Waals surface area contributed by atoms with E-state index in [1.807, 2.05) is 18.2 Å². The zero-order valence-electron chi connectivity index (χ0n) is 12.0. The van der Waals surface area contributed by atoms with Gasteiger partial charge in [-0.1, -0.05) is 18.2 Å². The van der Waals surface area contributed by atoms with E-state index >= 15 is 0 Å². The minimum Gasteiger partial charge on any atom is -0.352 e. The lowest BCUT2D eigenvalue weighted by molar-refractivity contribution is 0.233. The first-order valence-corrected chi connectivity index (χ1v) is 7.15. The predicted octanol–water partition coefficient (Wildman–Crippen LogP) is 1.91. The van der Waals surface area contributed by atoms with Crippen molar-refractivity contribution < 1.29 is 9.18 Å². The minimum atomic E-state index is -0.280. The van der Waals surface area contributed by atoms with Crippen LogP contribution in [-0.4, -0.2) is 30.1 Å². The molecule has 1 saturated heterocycles. The molecule has 1 aromatic heterocycles. The van der Waals surface area contributed by atoms with Gasteiger partial charge in [0.25, 0.3) is 0 Å². The average Bonchev–Trinajstić information content (AvgIpc) is 2.51. The van der Waals surface area contributed by atoms with E-state index in [0.717, 1.165) is 24.5 Å². The van der Waals surface area contributed by atoms with Gasteiger partial charge in [-0.3, -0.25) is 0 Å². The van der Waals surface area contributed by atoms with Crippen LogP contribution in [0.3, 0.4) is 0 Å². The van der Waals surface area contributed by atoms with Crippen LogP contribution in [0, 0.1) is 5.82 Å². The van der Waals surface area contributed by atoms with Gasteiger partial charge >= 0.3 is 6.03 Å². The molecule has 0 bridgehead atoms. The van der Waals surface area contributed by atoms with E-state index in [2.05, 4.69) is 20.5 Å². The summed E-state index contributed by atoms with van der Waals surface area (Å²) >= 11 is 0. The molecule has 2 N–H and O–H groups in total. The first kappa shape index (κ1) is 14.3. The fraction of sp³-hybridized carbons (Fsp3) is 0.250. The summed E-state index contributed by atoms with van der Waals surface area (Å²) in [5.74, 6) is 0.643. The highest BCUT2D eigenvalue weighted by Crippen LogP contribution is 2.17. The molecule has 0 saturated carbocycles. The Bertz CT molecular complexity index is 626. The summed E-state index contributed by atoms with van der Waals surface area (Å²) in [4.78, 5) is 18.2. The zero-order chi connectivity index (χ0) is 15.4. The normalized spacial score (nSPS) is 14.3. The van der Waals surface area contributed by atoms with E-state index in [1.165, 1.54) is 12.1 Å². The largest absolute Gasteiger partial charge is 0.352 e. The molecular formula is C16H17FN4O. The fourth-order valence-electron chi connectivity index (χ4n) is 2.32. The Hall–Kier alpha value is -2.63. The molecule has 2 aromatic rings. The zero-order valence-corrected chi connectivity index (χ0v) is 12.0. The number of nitrogens with zero attached hydrogens (tertiary/aromatic N) is 2. The molecule has 1 aliphatic rings. The number of carbonyl (C=O) groups excluding carboxylic acids is 1. The van der Waals surface area contributed by atoms with Crippen LogP contribution in [-0.2, 0) is 6.54 Å². The summed E-state index contributed by atoms with van der Waals surface area (Å²) in [6.45, 7) is 1.88.